The molecule has 0 aromatic carbocycles. The van der Waals surface area contributed by atoms with Gasteiger partial charge >= 0.3 is 0 Å². The van der Waals surface area contributed by atoms with Crippen molar-refractivity contribution in [1.82, 2.24) is 9.97 Å². The van der Waals surface area contributed by atoms with Gasteiger partial charge in [-0.3, -0.25) is 0 Å². The number of ether oxygens (including phenoxy) is 1. The van der Waals surface area contributed by atoms with Gasteiger partial charge in [0.15, 0.2) is 0 Å². The minimum Gasteiger partial charge on any atom is -0.384 e. The van der Waals surface area contributed by atoms with Crippen molar-refractivity contribution in [3.63, 3.8) is 0 Å². The molecule has 1 aromatic heterocycles. The molecule has 5 nitrogen and oxygen atoms in total. The first-order chi connectivity index (χ1) is 6.76. The lowest BCUT2D eigenvalue weighted by atomic mass is 10.2. The zero-order chi connectivity index (χ0) is 10.4. The third-order valence-electron chi connectivity index (χ3n) is 1.87. The van der Waals surface area contributed by atoms with E-state index in [-0.39, 0.29) is 6.04 Å². The van der Waals surface area contributed by atoms with Gasteiger partial charge in [-0.05, 0) is 12.5 Å². The molecular weight excluding hydrogens is 180 g/mol. The van der Waals surface area contributed by atoms with Crippen LogP contribution >= 0.6 is 0 Å². The van der Waals surface area contributed by atoms with Gasteiger partial charge in [-0.15, -0.1) is 0 Å². The van der Waals surface area contributed by atoms with Gasteiger partial charge in [0.05, 0.1) is 12.6 Å². The van der Waals surface area contributed by atoms with Gasteiger partial charge in [-0.25, -0.2) is 4.98 Å². The summed E-state index contributed by atoms with van der Waals surface area (Å²) in [4.78, 5) is 8.09. The topological polar surface area (TPSA) is 73.1 Å². The highest BCUT2D eigenvalue weighted by Gasteiger charge is 2.06. The fourth-order valence-corrected chi connectivity index (χ4v) is 1.09. The predicted octanol–water partition coefficient (Wildman–Crippen LogP) is 0.896. The van der Waals surface area contributed by atoms with Crippen molar-refractivity contribution in [2.75, 3.05) is 24.8 Å². The smallest absolute Gasteiger partial charge is 0.224 e. The van der Waals surface area contributed by atoms with Crippen LogP contribution < -0.4 is 11.1 Å². The Labute approximate surface area is 83.7 Å². The second-order valence-electron chi connectivity index (χ2n) is 3.01. The molecule has 0 saturated carbocycles. The molecule has 1 unspecified atom stereocenters. The highest BCUT2D eigenvalue weighted by atomic mass is 16.5. The lowest BCUT2D eigenvalue weighted by Crippen LogP contribution is -2.25. The summed E-state index contributed by atoms with van der Waals surface area (Å²) in [6.45, 7) is 2.71. The number of nitrogens with one attached hydrogen (secondary N) is 1. The normalized spacial score (nSPS) is 12.4. The van der Waals surface area contributed by atoms with E-state index >= 15 is 0 Å². The second-order valence-corrected chi connectivity index (χ2v) is 3.01. The van der Waals surface area contributed by atoms with Crippen molar-refractivity contribution in [2.24, 2.45) is 0 Å². The molecule has 14 heavy (non-hydrogen) atoms. The van der Waals surface area contributed by atoms with E-state index in [1.165, 1.54) is 0 Å². The largest absolute Gasteiger partial charge is 0.384 e. The van der Waals surface area contributed by atoms with Crippen molar-refractivity contribution >= 4 is 11.8 Å². The molecule has 0 radical (unpaired) electrons. The molecule has 5 heteroatoms. The van der Waals surface area contributed by atoms with Crippen LogP contribution in [0, 0.1) is 0 Å². The molecule has 0 amide bonds. The van der Waals surface area contributed by atoms with Crippen molar-refractivity contribution in [3.05, 3.63) is 12.3 Å². The summed E-state index contributed by atoms with van der Waals surface area (Å²) in [7, 11) is 1.67. The SMILES string of the molecule is CCC(COC)Nc1nccc(N)n1. The minimum absolute atomic E-state index is 0.224. The fraction of sp³-hybridized carbons (Fsp3) is 0.556. The Morgan fingerprint density at radius 3 is 3.00 bits per heavy atom. The van der Waals surface area contributed by atoms with Crippen molar-refractivity contribution in [3.8, 4) is 0 Å². The number of methoxy groups -OCH3 is 1. The summed E-state index contributed by atoms with van der Waals surface area (Å²) in [6.07, 6.45) is 2.58. The van der Waals surface area contributed by atoms with Crippen LogP contribution in [0.3, 0.4) is 0 Å². The van der Waals surface area contributed by atoms with Crippen LogP contribution in [0.4, 0.5) is 11.8 Å². The zero-order valence-electron chi connectivity index (χ0n) is 8.53. The Morgan fingerprint density at radius 2 is 2.43 bits per heavy atom. The van der Waals surface area contributed by atoms with E-state index in [1.54, 1.807) is 19.4 Å². The molecule has 0 fully saturated rings. The van der Waals surface area contributed by atoms with Crippen molar-refractivity contribution in [2.45, 2.75) is 19.4 Å². The number of hydrogen-bond acceptors (Lipinski definition) is 5. The Bertz CT molecular complexity index is 279. The van der Waals surface area contributed by atoms with Crippen LogP contribution in [0.1, 0.15) is 13.3 Å². The van der Waals surface area contributed by atoms with Crippen LogP contribution in [-0.2, 0) is 4.74 Å². The maximum Gasteiger partial charge on any atom is 0.224 e. The molecule has 0 spiro atoms. The van der Waals surface area contributed by atoms with Crippen LogP contribution in [0.2, 0.25) is 0 Å². The number of nitrogen functional groups attached to an aromatic ring is 1. The number of anilines is 2. The average molecular weight is 196 g/mol. The molecule has 1 rings (SSSR count). The number of rotatable bonds is 5. The predicted molar refractivity (Wildman–Crippen MR) is 56.0 cm³/mol. The van der Waals surface area contributed by atoms with Gasteiger partial charge in [0.2, 0.25) is 5.95 Å². The van der Waals surface area contributed by atoms with Gasteiger partial charge in [-0.1, -0.05) is 6.92 Å². The zero-order valence-corrected chi connectivity index (χ0v) is 8.53. The molecule has 1 atom stereocenters. The average Bonchev–Trinajstić information content (AvgIpc) is 2.17. The second kappa shape index (κ2) is 5.39. The van der Waals surface area contributed by atoms with Gasteiger partial charge in [0.1, 0.15) is 5.82 Å². The van der Waals surface area contributed by atoms with Crippen LogP contribution in [0.25, 0.3) is 0 Å². The van der Waals surface area contributed by atoms with E-state index in [9.17, 15) is 0 Å². The molecule has 78 valence electrons. The van der Waals surface area contributed by atoms with Gasteiger partial charge < -0.3 is 15.8 Å². The fourth-order valence-electron chi connectivity index (χ4n) is 1.09. The maximum absolute atomic E-state index is 5.53. The van der Waals surface area contributed by atoms with E-state index in [0.717, 1.165) is 6.42 Å². The van der Waals surface area contributed by atoms with Crippen LogP contribution in [0.5, 0.6) is 0 Å². The Balaban J connectivity index is 2.57. The maximum atomic E-state index is 5.53. The minimum atomic E-state index is 0.224. The summed E-state index contributed by atoms with van der Waals surface area (Å²) in [5.74, 6) is 1.02. The Kier molecular flexibility index (Phi) is 4.12. The first-order valence-electron chi connectivity index (χ1n) is 4.60. The molecule has 0 aliphatic carbocycles. The van der Waals surface area contributed by atoms with Crippen molar-refractivity contribution < 1.29 is 4.74 Å². The molecular formula is C9H16N4O. The van der Waals surface area contributed by atoms with E-state index in [1.807, 2.05) is 0 Å². The molecule has 1 aromatic rings. The molecule has 0 aliphatic rings. The van der Waals surface area contributed by atoms with Crippen molar-refractivity contribution in [1.29, 1.82) is 0 Å². The van der Waals surface area contributed by atoms with Gasteiger partial charge in [-0.2, -0.15) is 4.98 Å². The lowest BCUT2D eigenvalue weighted by Gasteiger charge is -2.15. The molecule has 0 aliphatic heterocycles. The van der Waals surface area contributed by atoms with Gasteiger partial charge in [0.25, 0.3) is 0 Å². The van der Waals surface area contributed by atoms with Gasteiger partial charge in [0, 0.05) is 13.3 Å². The summed E-state index contributed by atoms with van der Waals surface area (Å²) in [5.41, 5.74) is 5.53. The molecule has 3 N–H and O–H groups in total. The molecule has 1 heterocycles. The summed E-state index contributed by atoms with van der Waals surface area (Å²) in [6, 6.07) is 1.88. The van der Waals surface area contributed by atoms with E-state index in [0.29, 0.717) is 18.4 Å². The third kappa shape index (κ3) is 3.18. The monoisotopic (exact) mass is 196 g/mol. The highest BCUT2D eigenvalue weighted by molar-refractivity contribution is 5.35. The summed E-state index contributed by atoms with van der Waals surface area (Å²) in [5, 5.41) is 3.14. The summed E-state index contributed by atoms with van der Waals surface area (Å²) < 4.78 is 5.05. The number of aromatic nitrogens is 2. The van der Waals surface area contributed by atoms with Crippen LogP contribution in [-0.4, -0.2) is 29.7 Å². The van der Waals surface area contributed by atoms with E-state index in [4.69, 9.17) is 10.5 Å². The highest BCUT2D eigenvalue weighted by Crippen LogP contribution is 2.05. The quantitative estimate of drug-likeness (QED) is 0.731. The Hall–Kier alpha value is -1.36. The first kappa shape index (κ1) is 10.7. The number of nitrogens with zero attached hydrogens (tertiary/aromatic N) is 2. The molecule has 0 saturated heterocycles. The Morgan fingerprint density at radius 1 is 1.64 bits per heavy atom. The van der Waals surface area contributed by atoms with Crippen LogP contribution in [0.15, 0.2) is 12.3 Å². The lowest BCUT2D eigenvalue weighted by molar-refractivity contribution is 0.184. The third-order valence-corrected chi connectivity index (χ3v) is 1.87. The number of hydrogen-bond donors (Lipinski definition) is 2. The summed E-state index contributed by atoms with van der Waals surface area (Å²) >= 11 is 0. The standard InChI is InChI=1S/C9H16N4O/c1-3-7(6-14-2)12-9-11-5-4-8(10)13-9/h4-5,7H,3,6H2,1-2H3,(H3,10,11,12,13). The van der Waals surface area contributed by atoms with E-state index in [2.05, 4.69) is 22.2 Å². The van der Waals surface area contributed by atoms with E-state index < -0.39 is 0 Å². The molecule has 0 bridgehead atoms. The first-order valence-corrected chi connectivity index (χ1v) is 4.60. The number of nitrogens with two attached hydrogens (primary N) is 1.